The molecule has 15 heavy (non-hydrogen) atoms. The summed E-state index contributed by atoms with van der Waals surface area (Å²) < 4.78 is 39.2. The van der Waals surface area contributed by atoms with Crippen LogP contribution in [0.5, 0.6) is 5.75 Å². The van der Waals surface area contributed by atoms with E-state index in [2.05, 4.69) is 25.7 Å². The Labute approximate surface area is 90.6 Å². The lowest BCUT2D eigenvalue weighted by Gasteiger charge is -2.12. The predicted octanol–water partition coefficient (Wildman–Crippen LogP) is 2.20. The fourth-order valence-electron chi connectivity index (χ4n) is 0.781. The quantitative estimate of drug-likeness (QED) is 0.857. The maximum Gasteiger partial charge on any atom is 0.573 e. The van der Waals surface area contributed by atoms with Crippen LogP contribution in [0.15, 0.2) is 10.7 Å². The van der Waals surface area contributed by atoms with Crippen molar-refractivity contribution in [3.05, 3.63) is 16.4 Å². The predicted molar refractivity (Wildman–Crippen MR) is 47.7 cm³/mol. The Hall–Kier alpha value is -1.49. The zero-order chi connectivity index (χ0) is 11.6. The monoisotopic (exact) mass is 281 g/mol. The molecule has 0 aliphatic heterocycles. The maximum atomic E-state index is 11.9. The minimum atomic E-state index is -4.87. The molecule has 8 heteroatoms. The van der Waals surface area contributed by atoms with Gasteiger partial charge in [0.2, 0.25) is 0 Å². The fourth-order valence-corrected chi connectivity index (χ4v) is 1.28. The average molecular weight is 282 g/mol. The molecule has 0 aromatic carbocycles. The van der Waals surface area contributed by atoms with E-state index in [0.717, 1.165) is 6.20 Å². The highest BCUT2D eigenvalue weighted by atomic mass is 79.9. The molecular formula is C7H3BrF3N3O. The number of nitriles is 1. The number of halogens is 4. The number of nitrogens with zero attached hydrogens (tertiary/aromatic N) is 2. The molecule has 0 atom stereocenters. The zero-order valence-electron chi connectivity index (χ0n) is 6.97. The van der Waals surface area contributed by atoms with Gasteiger partial charge in [0.15, 0.2) is 11.4 Å². The number of aromatic nitrogens is 1. The van der Waals surface area contributed by atoms with E-state index >= 15 is 0 Å². The van der Waals surface area contributed by atoms with Crippen molar-refractivity contribution in [2.45, 2.75) is 6.36 Å². The van der Waals surface area contributed by atoms with Gasteiger partial charge in [-0.1, -0.05) is 0 Å². The van der Waals surface area contributed by atoms with Gasteiger partial charge >= 0.3 is 6.36 Å². The molecule has 1 rings (SSSR count). The summed E-state index contributed by atoms with van der Waals surface area (Å²) in [6.07, 6.45) is -3.95. The summed E-state index contributed by atoms with van der Waals surface area (Å²) in [6.45, 7) is 0. The van der Waals surface area contributed by atoms with E-state index in [0.29, 0.717) is 0 Å². The molecule has 1 aromatic rings. The van der Waals surface area contributed by atoms with Crippen LogP contribution < -0.4 is 10.5 Å². The first-order valence-electron chi connectivity index (χ1n) is 3.45. The summed E-state index contributed by atoms with van der Waals surface area (Å²) in [4.78, 5) is 3.51. The van der Waals surface area contributed by atoms with E-state index in [-0.39, 0.29) is 15.9 Å². The van der Waals surface area contributed by atoms with Gasteiger partial charge in [-0.2, -0.15) is 5.26 Å². The average Bonchev–Trinajstić information content (AvgIpc) is 2.11. The first kappa shape index (κ1) is 11.6. The van der Waals surface area contributed by atoms with Crippen LogP contribution >= 0.6 is 15.9 Å². The van der Waals surface area contributed by atoms with Gasteiger partial charge in [0.05, 0.1) is 16.4 Å². The van der Waals surface area contributed by atoms with Crippen molar-refractivity contribution in [2.24, 2.45) is 0 Å². The normalized spacial score (nSPS) is 10.9. The van der Waals surface area contributed by atoms with Gasteiger partial charge in [0, 0.05) is 0 Å². The summed E-state index contributed by atoms with van der Waals surface area (Å²) >= 11 is 2.75. The Bertz CT molecular complexity index is 427. The molecule has 2 N–H and O–H groups in total. The standard InChI is InChI=1S/C7H3BrF3N3O/c8-5-4(1-12)14-2-3(13)6(5)15-7(9,10)11/h2H,13H2. The number of hydrogen-bond donors (Lipinski definition) is 1. The third-order valence-corrected chi connectivity index (χ3v) is 2.06. The van der Waals surface area contributed by atoms with E-state index in [1.165, 1.54) is 0 Å². The maximum absolute atomic E-state index is 11.9. The van der Waals surface area contributed by atoms with Crippen LogP contribution in [0, 0.1) is 11.3 Å². The van der Waals surface area contributed by atoms with Crippen molar-refractivity contribution in [3.63, 3.8) is 0 Å². The van der Waals surface area contributed by atoms with Gasteiger partial charge in [-0.05, 0) is 15.9 Å². The summed E-state index contributed by atoms with van der Waals surface area (Å²) in [5.41, 5.74) is 4.69. The van der Waals surface area contributed by atoms with Crippen molar-refractivity contribution in [1.82, 2.24) is 4.98 Å². The molecule has 0 bridgehead atoms. The van der Waals surface area contributed by atoms with Crippen molar-refractivity contribution < 1.29 is 17.9 Å². The SMILES string of the molecule is N#Cc1ncc(N)c(OC(F)(F)F)c1Br. The van der Waals surface area contributed by atoms with Crippen LogP contribution in [-0.2, 0) is 0 Å². The first-order valence-corrected chi connectivity index (χ1v) is 4.24. The van der Waals surface area contributed by atoms with Crippen LogP contribution in [0.4, 0.5) is 18.9 Å². The van der Waals surface area contributed by atoms with Gasteiger partial charge in [-0.25, -0.2) is 4.98 Å². The summed E-state index contributed by atoms with van der Waals surface area (Å²) in [7, 11) is 0. The number of alkyl halides is 3. The molecule has 0 spiro atoms. The Morgan fingerprint density at radius 2 is 2.13 bits per heavy atom. The number of rotatable bonds is 1. The van der Waals surface area contributed by atoms with Crippen molar-refractivity contribution in [1.29, 1.82) is 5.26 Å². The lowest BCUT2D eigenvalue weighted by Crippen LogP contribution is -2.18. The first-order chi connectivity index (χ1) is 6.85. The van der Waals surface area contributed by atoms with Crippen LogP contribution in [0.25, 0.3) is 0 Å². The van der Waals surface area contributed by atoms with E-state index in [4.69, 9.17) is 11.0 Å². The Kier molecular flexibility index (Phi) is 3.04. The van der Waals surface area contributed by atoms with Crippen molar-refractivity contribution in [3.8, 4) is 11.8 Å². The Morgan fingerprint density at radius 1 is 1.53 bits per heavy atom. The molecule has 0 aliphatic rings. The number of anilines is 1. The molecule has 0 amide bonds. The van der Waals surface area contributed by atoms with E-state index in [1.54, 1.807) is 6.07 Å². The lowest BCUT2D eigenvalue weighted by atomic mass is 10.3. The minimum Gasteiger partial charge on any atom is -0.402 e. The van der Waals surface area contributed by atoms with E-state index in [1.807, 2.05) is 0 Å². The van der Waals surface area contributed by atoms with Gasteiger partial charge in [0.1, 0.15) is 6.07 Å². The Balaban J connectivity index is 3.23. The largest absolute Gasteiger partial charge is 0.573 e. The van der Waals surface area contributed by atoms with Gasteiger partial charge in [-0.3, -0.25) is 0 Å². The van der Waals surface area contributed by atoms with Gasteiger partial charge in [-0.15, -0.1) is 13.2 Å². The molecule has 0 aliphatic carbocycles. The summed E-state index contributed by atoms with van der Waals surface area (Å²) in [5, 5.41) is 8.51. The third kappa shape index (κ3) is 2.73. The second-order valence-electron chi connectivity index (χ2n) is 2.36. The molecule has 0 fully saturated rings. The number of ether oxygens (including phenoxy) is 1. The number of nitrogens with two attached hydrogens (primary N) is 1. The molecule has 4 nitrogen and oxygen atoms in total. The van der Waals surface area contributed by atoms with Crippen LogP contribution in [-0.4, -0.2) is 11.3 Å². The number of hydrogen-bond acceptors (Lipinski definition) is 4. The lowest BCUT2D eigenvalue weighted by molar-refractivity contribution is -0.274. The number of nitrogen functional groups attached to an aromatic ring is 1. The second kappa shape index (κ2) is 3.94. The molecule has 1 aromatic heterocycles. The van der Waals surface area contributed by atoms with Crippen molar-refractivity contribution >= 4 is 21.6 Å². The fraction of sp³-hybridized carbons (Fsp3) is 0.143. The molecule has 0 radical (unpaired) electrons. The molecule has 0 saturated carbocycles. The highest BCUT2D eigenvalue weighted by Gasteiger charge is 2.33. The molecular weight excluding hydrogens is 279 g/mol. The highest BCUT2D eigenvalue weighted by Crippen LogP contribution is 2.36. The molecule has 0 saturated heterocycles. The second-order valence-corrected chi connectivity index (χ2v) is 3.16. The molecule has 80 valence electrons. The summed E-state index contributed by atoms with van der Waals surface area (Å²) in [6, 6.07) is 1.59. The van der Waals surface area contributed by atoms with Crippen LogP contribution in [0.1, 0.15) is 5.69 Å². The highest BCUT2D eigenvalue weighted by molar-refractivity contribution is 9.10. The Morgan fingerprint density at radius 3 is 2.60 bits per heavy atom. The van der Waals surface area contributed by atoms with Crippen LogP contribution in [0.2, 0.25) is 0 Å². The minimum absolute atomic E-state index is 0.220. The third-order valence-electron chi connectivity index (χ3n) is 1.33. The van der Waals surface area contributed by atoms with Crippen LogP contribution in [0.3, 0.4) is 0 Å². The van der Waals surface area contributed by atoms with Gasteiger partial charge in [0.25, 0.3) is 0 Å². The summed E-state index contributed by atoms with van der Waals surface area (Å²) in [5.74, 6) is -0.658. The van der Waals surface area contributed by atoms with E-state index in [9.17, 15) is 13.2 Å². The topological polar surface area (TPSA) is 71.9 Å². The zero-order valence-corrected chi connectivity index (χ0v) is 8.56. The smallest absolute Gasteiger partial charge is 0.402 e. The number of pyridine rings is 1. The molecule has 0 unspecified atom stereocenters. The van der Waals surface area contributed by atoms with Gasteiger partial charge < -0.3 is 10.5 Å². The van der Waals surface area contributed by atoms with Crippen molar-refractivity contribution in [2.75, 3.05) is 5.73 Å². The van der Waals surface area contributed by atoms with E-state index < -0.39 is 12.1 Å². The molecule has 1 heterocycles.